The van der Waals surface area contributed by atoms with E-state index >= 15 is 0 Å². The molecule has 0 unspecified atom stereocenters. The molecular formula is C12H18Cl2N4OS. The summed E-state index contributed by atoms with van der Waals surface area (Å²) in [6.45, 7) is -0.204. The van der Waals surface area contributed by atoms with Crippen LogP contribution in [-0.2, 0) is 13.0 Å². The molecular weight excluding hydrogens is 319 g/mol. The van der Waals surface area contributed by atoms with Gasteiger partial charge in [-0.05, 0) is 6.85 Å². The summed E-state index contributed by atoms with van der Waals surface area (Å²) in [4.78, 5) is 8.59. The molecule has 0 saturated carbocycles. The Kier molecular flexibility index (Phi) is 5.34. The number of thiazole rings is 1. The van der Waals surface area contributed by atoms with Gasteiger partial charge in [0.25, 0.3) is 0 Å². The first-order valence-corrected chi connectivity index (χ1v) is 6.32. The molecule has 0 fully saturated rings. The summed E-state index contributed by atoms with van der Waals surface area (Å²) in [6.07, 6.45) is 0.390. The van der Waals surface area contributed by atoms with Crippen LogP contribution in [0.3, 0.4) is 0 Å². The van der Waals surface area contributed by atoms with Crippen molar-refractivity contribution in [3.63, 3.8) is 0 Å². The maximum absolute atomic E-state index is 9.01. The number of aromatic nitrogens is 3. The van der Waals surface area contributed by atoms with Crippen molar-refractivity contribution < 1.29 is 27.6 Å². The Morgan fingerprint density at radius 1 is 1.60 bits per heavy atom. The average Bonchev–Trinajstić information content (AvgIpc) is 2.74. The number of nitrogen functional groups attached to an aromatic ring is 1. The Hall–Kier alpha value is -0.950. The topological polar surface area (TPSA) is 75.9 Å². The molecule has 2 aromatic rings. The van der Waals surface area contributed by atoms with E-state index in [0.29, 0.717) is 18.5 Å². The first kappa shape index (κ1) is 12.8. The van der Waals surface area contributed by atoms with Crippen LogP contribution < -0.4 is 22.7 Å². The van der Waals surface area contributed by atoms with Gasteiger partial charge in [-0.1, -0.05) is 11.3 Å². The number of aryl methyl sites for hydroxylation is 1. The van der Waals surface area contributed by atoms with E-state index in [1.807, 2.05) is 17.0 Å². The summed E-state index contributed by atoms with van der Waals surface area (Å²) in [5.41, 5.74) is 9.04. The number of aliphatic hydroxyl groups excluding tert-OH is 1. The molecule has 0 amide bonds. The number of nitrogens with zero attached hydrogens (tertiary/aromatic N) is 3. The maximum Gasteiger partial charge on any atom is 0.225 e. The minimum Gasteiger partial charge on any atom is -1.00 e. The molecule has 3 N–H and O–H groups in total. The second-order valence-corrected chi connectivity index (χ2v) is 4.80. The molecule has 0 aliphatic heterocycles. The van der Waals surface area contributed by atoms with Gasteiger partial charge in [0.15, 0.2) is 12.2 Å². The van der Waals surface area contributed by atoms with Crippen LogP contribution in [0.1, 0.15) is 27.4 Å². The second kappa shape index (κ2) is 8.36. The third kappa shape index (κ3) is 4.28. The first-order valence-electron chi connectivity index (χ1n) is 7.44. The number of aliphatic hydroxyl groups is 1. The Bertz CT molecular complexity index is 673. The first-order chi connectivity index (χ1) is 10.2. The minimum absolute atomic E-state index is 0. The molecule has 0 aromatic carbocycles. The number of nitrogens with two attached hydrogens (primary N) is 1. The predicted octanol–water partition coefficient (Wildman–Crippen LogP) is -1.97. The lowest BCUT2D eigenvalue weighted by molar-refractivity contribution is -0.689. The van der Waals surface area contributed by atoms with Gasteiger partial charge in [-0.25, -0.2) is 9.97 Å². The van der Waals surface area contributed by atoms with Gasteiger partial charge >= 0.3 is 0 Å². The van der Waals surface area contributed by atoms with E-state index in [0.717, 1.165) is 10.6 Å². The van der Waals surface area contributed by atoms with Crippen LogP contribution in [0.2, 0.25) is 0 Å². The smallest absolute Gasteiger partial charge is 0.225 e. The molecule has 0 spiro atoms. The zero-order valence-electron chi connectivity index (χ0n) is 14.8. The standard InChI is InChI=1S/C12H17N4OS.2ClH/c1-8-11(3-4-17)18-7-16(8)6-10-5-14-9(2)15-12(10)13;;/h5,7,17H,3-4,6H2,1-2H3,(H2,13,14,15);2*1H/q+1;;/p-1/i2D3,5D;;. The highest BCUT2D eigenvalue weighted by Crippen LogP contribution is 2.13. The third-order valence-electron chi connectivity index (χ3n) is 2.66. The summed E-state index contributed by atoms with van der Waals surface area (Å²) in [6, 6.07) is 0. The molecule has 20 heavy (non-hydrogen) atoms. The molecule has 0 aliphatic carbocycles. The predicted molar refractivity (Wildman–Crippen MR) is 77.6 cm³/mol. The van der Waals surface area contributed by atoms with Crippen molar-refractivity contribution >= 4 is 29.6 Å². The molecule has 112 valence electrons. The summed E-state index contributed by atoms with van der Waals surface area (Å²) in [5, 5.41) is 9.01. The van der Waals surface area contributed by atoms with E-state index in [-0.39, 0.29) is 43.4 Å². The molecule has 8 heteroatoms. The number of anilines is 1. The van der Waals surface area contributed by atoms with Crippen molar-refractivity contribution in [3.05, 3.63) is 33.6 Å². The van der Waals surface area contributed by atoms with Gasteiger partial charge in [0.1, 0.15) is 11.6 Å². The quantitative estimate of drug-likeness (QED) is 0.633. The monoisotopic (exact) mass is 340 g/mol. The highest BCUT2D eigenvalue weighted by atomic mass is 35.5. The summed E-state index contributed by atoms with van der Waals surface area (Å²) in [5.74, 6) is -0.403. The molecule has 2 rings (SSSR count). The maximum atomic E-state index is 9.01. The molecule has 0 radical (unpaired) electrons. The second-order valence-electron chi connectivity index (χ2n) is 3.86. The lowest BCUT2D eigenvalue weighted by Crippen LogP contribution is -3.00. The number of hydrogen-bond acceptors (Lipinski definition) is 5. The van der Waals surface area contributed by atoms with Gasteiger partial charge in [0.05, 0.1) is 11.8 Å². The van der Waals surface area contributed by atoms with Gasteiger partial charge in [-0.3, -0.25) is 0 Å². The highest BCUT2D eigenvalue weighted by Gasteiger charge is 2.16. The zero-order chi connectivity index (χ0) is 16.5. The van der Waals surface area contributed by atoms with Gasteiger partial charge < -0.3 is 23.2 Å². The largest absolute Gasteiger partial charge is 1.00 e. The van der Waals surface area contributed by atoms with Crippen molar-refractivity contribution in [2.75, 3.05) is 12.3 Å². The van der Waals surface area contributed by atoms with Gasteiger partial charge in [-0.15, -0.1) is 12.4 Å². The van der Waals surface area contributed by atoms with Crippen LogP contribution in [0.15, 0.2) is 11.7 Å². The fraction of sp³-hybridized carbons (Fsp3) is 0.417. The van der Waals surface area contributed by atoms with Gasteiger partial charge in [0.2, 0.25) is 5.51 Å². The highest BCUT2D eigenvalue weighted by molar-refractivity contribution is 7.09. The van der Waals surface area contributed by atoms with Crippen molar-refractivity contribution in [3.8, 4) is 0 Å². The Morgan fingerprint density at radius 2 is 2.35 bits per heavy atom. The number of rotatable bonds is 4. The lowest BCUT2D eigenvalue weighted by Gasteiger charge is -2.01. The van der Waals surface area contributed by atoms with Crippen molar-refractivity contribution in [2.45, 2.75) is 26.7 Å². The molecule has 2 heterocycles. The summed E-state index contributed by atoms with van der Waals surface area (Å²) >= 11 is 1.51. The average molecular weight is 341 g/mol. The fourth-order valence-electron chi connectivity index (χ4n) is 1.62. The van der Waals surface area contributed by atoms with E-state index in [1.165, 1.54) is 11.3 Å². The Balaban J connectivity index is 0.00000264. The molecule has 5 nitrogen and oxygen atoms in total. The number of hydrogen-bond donors (Lipinski definition) is 2. The Morgan fingerprint density at radius 3 is 2.95 bits per heavy atom. The van der Waals surface area contributed by atoms with Crippen molar-refractivity contribution in [2.24, 2.45) is 0 Å². The normalized spacial score (nSPS) is 13.3. The van der Waals surface area contributed by atoms with Crippen LogP contribution in [0, 0.1) is 13.8 Å². The molecule has 0 atom stereocenters. The van der Waals surface area contributed by atoms with Crippen molar-refractivity contribution in [1.29, 1.82) is 0 Å². The van der Waals surface area contributed by atoms with Crippen LogP contribution in [0.4, 0.5) is 5.82 Å². The van der Waals surface area contributed by atoms with Gasteiger partial charge in [-0.2, -0.15) is 4.57 Å². The summed E-state index contributed by atoms with van der Waals surface area (Å²) < 4.78 is 31.6. The van der Waals surface area contributed by atoms with E-state index in [2.05, 4.69) is 9.97 Å². The lowest BCUT2D eigenvalue weighted by atomic mass is 10.2. The van der Waals surface area contributed by atoms with Crippen LogP contribution in [0.5, 0.6) is 0 Å². The Labute approximate surface area is 140 Å². The molecule has 0 bridgehead atoms. The number of halogens is 2. The van der Waals surface area contributed by atoms with E-state index in [9.17, 15) is 0 Å². The fourth-order valence-corrected chi connectivity index (χ4v) is 2.60. The van der Waals surface area contributed by atoms with Crippen LogP contribution in [-0.4, -0.2) is 21.7 Å². The van der Waals surface area contributed by atoms with Crippen molar-refractivity contribution in [1.82, 2.24) is 9.97 Å². The van der Waals surface area contributed by atoms with Crippen LogP contribution >= 0.6 is 23.7 Å². The zero-order valence-corrected chi connectivity index (χ0v) is 13.1. The summed E-state index contributed by atoms with van der Waals surface area (Å²) in [7, 11) is 0. The third-order valence-corrected chi connectivity index (χ3v) is 3.80. The van der Waals surface area contributed by atoms with E-state index in [1.54, 1.807) is 0 Å². The van der Waals surface area contributed by atoms with E-state index < -0.39 is 12.7 Å². The molecule has 0 aliphatic rings. The SMILES string of the molecule is Cl.[2H]c1nc(C([2H])([2H])[2H])nc(N)c1C[n+]1csc(CCO)c1C.[Cl-]. The molecule has 2 aromatic heterocycles. The van der Waals surface area contributed by atoms with Crippen LogP contribution in [0.25, 0.3) is 0 Å². The molecule has 0 saturated heterocycles. The minimum atomic E-state index is -2.48. The van der Waals surface area contributed by atoms with Gasteiger partial charge in [0, 0.05) is 30.2 Å². The van der Waals surface area contributed by atoms with E-state index in [4.69, 9.17) is 16.3 Å².